The van der Waals surface area contributed by atoms with Crippen molar-refractivity contribution in [3.8, 4) is 0 Å². The van der Waals surface area contributed by atoms with Crippen molar-refractivity contribution in [2.45, 2.75) is 92.3 Å². The molecule has 4 N–H and O–H groups in total. The quantitative estimate of drug-likeness (QED) is 0.275. The van der Waals surface area contributed by atoms with Gasteiger partial charge in [0.1, 0.15) is 12.1 Å². The predicted molar refractivity (Wildman–Crippen MR) is 142 cm³/mol. The molecule has 1 saturated carbocycles. The van der Waals surface area contributed by atoms with Crippen LogP contribution in [0.15, 0.2) is 0 Å². The fourth-order valence-electron chi connectivity index (χ4n) is 4.56. The zero-order valence-corrected chi connectivity index (χ0v) is 23.8. The molecule has 2 rings (SSSR count). The molecule has 0 aromatic carbocycles. The van der Waals surface area contributed by atoms with Crippen LogP contribution in [0, 0.1) is 23.2 Å². The molecule has 0 spiro atoms. The molecular formula is C27H45N5O6. The van der Waals surface area contributed by atoms with Gasteiger partial charge in [-0.2, -0.15) is 0 Å². The number of carbonyl (C=O) groups is 6. The average molecular weight is 536 g/mol. The molecule has 0 bridgehead atoms. The summed E-state index contributed by atoms with van der Waals surface area (Å²) < 4.78 is 0. The molecule has 0 aromatic heterocycles. The fraction of sp³-hybridized carbons (Fsp3) is 0.778. The number of ketones is 2. The first-order valence-electron chi connectivity index (χ1n) is 13.7. The Kier molecular flexibility index (Phi) is 10.8. The van der Waals surface area contributed by atoms with E-state index in [0.29, 0.717) is 25.9 Å². The number of carbonyl (C=O) groups excluding carboxylic acids is 6. The Morgan fingerprint density at radius 3 is 2.13 bits per heavy atom. The van der Waals surface area contributed by atoms with Crippen molar-refractivity contribution in [2.24, 2.45) is 23.2 Å². The van der Waals surface area contributed by atoms with Gasteiger partial charge in [0, 0.05) is 19.0 Å². The zero-order chi connectivity index (χ0) is 28.8. The summed E-state index contributed by atoms with van der Waals surface area (Å²) in [5, 5.41) is 10.5. The van der Waals surface area contributed by atoms with E-state index in [1.807, 2.05) is 48.5 Å². The molecule has 5 amide bonds. The maximum absolute atomic E-state index is 13.7. The van der Waals surface area contributed by atoms with Crippen LogP contribution in [0.25, 0.3) is 0 Å². The summed E-state index contributed by atoms with van der Waals surface area (Å²) in [6, 6.07) is -3.05. The number of nitrogens with one attached hydrogen (secondary N) is 4. The Bertz CT molecular complexity index is 923. The number of hydrogen-bond donors (Lipinski definition) is 4. The van der Waals surface area contributed by atoms with E-state index in [9.17, 15) is 28.8 Å². The molecule has 0 unspecified atom stereocenters. The fourth-order valence-corrected chi connectivity index (χ4v) is 4.56. The normalized spacial score (nSPS) is 20.9. The molecule has 0 aromatic rings. The van der Waals surface area contributed by atoms with Gasteiger partial charge >= 0.3 is 6.03 Å². The van der Waals surface area contributed by atoms with Crippen LogP contribution in [0.2, 0.25) is 0 Å². The van der Waals surface area contributed by atoms with Gasteiger partial charge in [-0.25, -0.2) is 4.79 Å². The monoisotopic (exact) mass is 535 g/mol. The molecule has 214 valence electrons. The molecule has 1 aliphatic heterocycles. The SMILES string of the molecule is CCCNC(=O)C(=O)CNC(=O)[C@@H]1C[C@@H](C)CN1C(=O)[C@@H](NC(=O)N[C@H](C(=O)C1CC1)C(C)C)C(C)(C)C. The van der Waals surface area contributed by atoms with E-state index in [1.54, 1.807) is 0 Å². The minimum absolute atomic E-state index is 0.0109. The van der Waals surface area contributed by atoms with Gasteiger partial charge in [-0.05, 0) is 42.9 Å². The molecule has 2 aliphatic rings. The molecule has 1 saturated heterocycles. The van der Waals surface area contributed by atoms with Crippen LogP contribution in [-0.4, -0.2) is 78.0 Å². The van der Waals surface area contributed by atoms with Crippen LogP contribution >= 0.6 is 0 Å². The van der Waals surface area contributed by atoms with Crippen molar-refractivity contribution in [1.29, 1.82) is 0 Å². The van der Waals surface area contributed by atoms with Crippen molar-refractivity contribution in [2.75, 3.05) is 19.6 Å². The number of urea groups is 1. The molecule has 2 fully saturated rings. The van der Waals surface area contributed by atoms with Crippen LogP contribution in [0.5, 0.6) is 0 Å². The summed E-state index contributed by atoms with van der Waals surface area (Å²) >= 11 is 0. The molecule has 1 heterocycles. The third kappa shape index (κ3) is 8.52. The lowest BCUT2D eigenvalue weighted by Gasteiger charge is -2.36. The Morgan fingerprint density at radius 2 is 1.61 bits per heavy atom. The third-order valence-corrected chi connectivity index (χ3v) is 6.94. The zero-order valence-electron chi connectivity index (χ0n) is 23.8. The maximum Gasteiger partial charge on any atom is 0.316 e. The van der Waals surface area contributed by atoms with Gasteiger partial charge in [0.05, 0.1) is 12.6 Å². The molecule has 11 nitrogen and oxygen atoms in total. The van der Waals surface area contributed by atoms with E-state index >= 15 is 0 Å². The van der Waals surface area contributed by atoms with Crippen molar-refractivity contribution in [1.82, 2.24) is 26.2 Å². The lowest BCUT2D eigenvalue weighted by atomic mass is 9.85. The highest BCUT2D eigenvalue weighted by Crippen LogP contribution is 2.32. The largest absolute Gasteiger partial charge is 0.349 e. The summed E-state index contributed by atoms with van der Waals surface area (Å²) in [4.78, 5) is 77.7. The van der Waals surface area contributed by atoms with E-state index in [1.165, 1.54) is 4.90 Å². The second-order valence-corrected chi connectivity index (χ2v) is 12.1. The summed E-state index contributed by atoms with van der Waals surface area (Å²) in [5.74, 6) is -2.55. The molecule has 0 radical (unpaired) electrons. The van der Waals surface area contributed by atoms with Crippen molar-refractivity contribution >= 4 is 35.3 Å². The van der Waals surface area contributed by atoms with E-state index < -0.39 is 59.6 Å². The Morgan fingerprint density at radius 1 is 0.974 bits per heavy atom. The van der Waals surface area contributed by atoms with Gasteiger partial charge in [-0.1, -0.05) is 48.5 Å². The Balaban J connectivity index is 2.10. The van der Waals surface area contributed by atoms with Crippen LogP contribution < -0.4 is 21.3 Å². The average Bonchev–Trinajstić information content (AvgIpc) is 3.61. The minimum Gasteiger partial charge on any atom is -0.349 e. The van der Waals surface area contributed by atoms with Gasteiger partial charge in [0.25, 0.3) is 5.91 Å². The second kappa shape index (κ2) is 13.2. The van der Waals surface area contributed by atoms with Crippen LogP contribution in [-0.2, 0) is 24.0 Å². The standard InChI is InChI=1S/C27H45N5O6/c1-8-11-28-24(36)19(33)13-29-23(35)18-12-16(4)14-32(18)25(37)22(27(5,6)7)31-26(38)30-20(15(2)3)21(34)17-9-10-17/h15-18,20,22H,8-14H2,1-7H3,(H,28,36)(H,29,35)(H2,30,31,38)/t16-,18+,20+,22-/m1/s1. The molecule has 4 atom stereocenters. The minimum atomic E-state index is -0.964. The summed E-state index contributed by atoms with van der Waals surface area (Å²) in [5.41, 5.74) is -0.692. The van der Waals surface area contributed by atoms with Crippen LogP contribution in [0.1, 0.15) is 74.1 Å². The summed E-state index contributed by atoms with van der Waals surface area (Å²) in [7, 11) is 0. The van der Waals surface area contributed by atoms with Crippen molar-refractivity contribution < 1.29 is 28.8 Å². The van der Waals surface area contributed by atoms with Gasteiger partial charge in [0.15, 0.2) is 5.78 Å². The lowest BCUT2D eigenvalue weighted by molar-refractivity contribution is -0.142. The van der Waals surface area contributed by atoms with E-state index in [0.717, 1.165) is 12.8 Å². The van der Waals surface area contributed by atoms with Crippen LogP contribution in [0.3, 0.4) is 0 Å². The van der Waals surface area contributed by atoms with Gasteiger partial charge < -0.3 is 26.2 Å². The van der Waals surface area contributed by atoms with E-state index in [2.05, 4.69) is 21.3 Å². The maximum atomic E-state index is 13.7. The highest BCUT2D eigenvalue weighted by Gasteiger charge is 2.44. The lowest BCUT2D eigenvalue weighted by Crippen LogP contribution is -2.60. The van der Waals surface area contributed by atoms with E-state index in [-0.39, 0.29) is 23.5 Å². The number of Topliss-reactive ketones (excluding diaryl/α,β-unsaturated/α-hetero) is 2. The first kappa shape index (κ1) is 31.2. The predicted octanol–water partition coefficient (Wildman–Crippen LogP) is 1.15. The highest BCUT2D eigenvalue weighted by molar-refractivity contribution is 6.37. The Labute approximate surface area is 225 Å². The number of amides is 5. The third-order valence-electron chi connectivity index (χ3n) is 6.94. The van der Waals surface area contributed by atoms with Gasteiger partial charge in [0.2, 0.25) is 17.6 Å². The molecule has 38 heavy (non-hydrogen) atoms. The molecule has 11 heteroatoms. The molecular weight excluding hydrogens is 490 g/mol. The highest BCUT2D eigenvalue weighted by atomic mass is 16.2. The van der Waals surface area contributed by atoms with Crippen LogP contribution in [0.4, 0.5) is 4.79 Å². The number of rotatable bonds is 12. The van der Waals surface area contributed by atoms with Crippen molar-refractivity contribution in [3.63, 3.8) is 0 Å². The topological polar surface area (TPSA) is 154 Å². The van der Waals surface area contributed by atoms with Gasteiger partial charge in [-0.15, -0.1) is 0 Å². The second-order valence-electron chi connectivity index (χ2n) is 12.1. The number of likely N-dealkylation sites (tertiary alicyclic amines) is 1. The van der Waals surface area contributed by atoms with Gasteiger partial charge in [-0.3, -0.25) is 24.0 Å². The first-order chi connectivity index (χ1) is 17.7. The Hall–Kier alpha value is -2.98. The van der Waals surface area contributed by atoms with Crippen molar-refractivity contribution in [3.05, 3.63) is 0 Å². The summed E-state index contributed by atoms with van der Waals surface area (Å²) in [6.07, 6.45) is 2.74. The first-order valence-corrected chi connectivity index (χ1v) is 13.7. The number of hydrogen-bond acceptors (Lipinski definition) is 6. The molecule has 1 aliphatic carbocycles. The summed E-state index contributed by atoms with van der Waals surface area (Å²) in [6.45, 7) is 13.2. The smallest absolute Gasteiger partial charge is 0.316 e. The van der Waals surface area contributed by atoms with E-state index in [4.69, 9.17) is 0 Å². The number of nitrogens with zero attached hydrogens (tertiary/aromatic N) is 1.